The molecule has 3 aliphatic rings. The minimum Gasteiger partial charge on any atom is -0.490 e. The molecule has 5 rings (SSSR count). The molecule has 168 valence electrons. The molecule has 1 heterocycles. The lowest BCUT2D eigenvalue weighted by Gasteiger charge is -2.45. The van der Waals surface area contributed by atoms with Crippen molar-refractivity contribution < 1.29 is 4.74 Å². The van der Waals surface area contributed by atoms with Gasteiger partial charge < -0.3 is 4.74 Å². The molecule has 2 aromatic rings. The molecule has 3 fully saturated rings. The van der Waals surface area contributed by atoms with Crippen molar-refractivity contribution in [2.45, 2.75) is 84.3 Å². The van der Waals surface area contributed by atoms with Crippen molar-refractivity contribution in [2.24, 2.45) is 23.7 Å². The Kier molecular flexibility index (Phi) is 6.55. The molecule has 0 radical (unpaired) electrons. The van der Waals surface area contributed by atoms with Gasteiger partial charge in [0.2, 0.25) is 0 Å². The molecule has 1 saturated heterocycles. The fourth-order valence-electron chi connectivity index (χ4n) is 6.56. The molecule has 0 spiro atoms. The van der Waals surface area contributed by atoms with Crippen LogP contribution in [0.25, 0.3) is 10.8 Å². The van der Waals surface area contributed by atoms with Crippen molar-refractivity contribution in [1.29, 1.82) is 0 Å². The van der Waals surface area contributed by atoms with E-state index in [-0.39, 0.29) is 0 Å². The molecule has 2 atom stereocenters. The molecular weight excluding hydrogens is 378 g/mol. The summed E-state index contributed by atoms with van der Waals surface area (Å²) >= 11 is 0. The van der Waals surface area contributed by atoms with E-state index < -0.39 is 0 Å². The van der Waals surface area contributed by atoms with Crippen LogP contribution < -0.4 is 4.74 Å². The largest absolute Gasteiger partial charge is 0.490 e. The van der Waals surface area contributed by atoms with Gasteiger partial charge in [-0.1, -0.05) is 70.6 Å². The molecule has 0 amide bonds. The second-order valence-corrected chi connectivity index (χ2v) is 11.0. The van der Waals surface area contributed by atoms with Crippen LogP contribution in [0.15, 0.2) is 36.4 Å². The minimum absolute atomic E-state index is 0.383. The quantitative estimate of drug-likeness (QED) is 0.482. The Labute approximate surface area is 189 Å². The molecule has 0 aromatic heterocycles. The summed E-state index contributed by atoms with van der Waals surface area (Å²) < 4.78 is 6.52. The first-order chi connectivity index (χ1) is 15.2. The van der Waals surface area contributed by atoms with E-state index in [0.29, 0.717) is 17.9 Å². The van der Waals surface area contributed by atoms with Crippen molar-refractivity contribution in [1.82, 2.24) is 4.90 Å². The number of likely N-dealkylation sites (tertiary alicyclic amines) is 1. The van der Waals surface area contributed by atoms with E-state index in [4.69, 9.17) is 4.74 Å². The zero-order chi connectivity index (χ0) is 21.2. The lowest BCUT2D eigenvalue weighted by atomic mass is 9.76. The van der Waals surface area contributed by atoms with Gasteiger partial charge in [-0.15, -0.1) is 0 Å². The first-order valence-corrected chi connectivity index (χ1v) is 13.1. The van der Waals surface area contributed by atoms with Crippen molar-refractivity contribution in [3.63, 3.8) is 0 Å². The Morgan fingerprint density at radius 1 is 0.806 bits per heavy atom. The van der Waals surface area contributed by atoms with Gasteiger partial charge in [-0.25, -0.2) is 0 Å². The summed E-state index contributed by atoms with van der Waals surface area (Å²) in [6, 6.07) is 13.7. The molecule has 0 N–H and O–H groups in total. The Balaban J connectivity index is 1.19. The molecule has 31 heavy (non-hydrogen) atoms. The molecule has 2 heteroatoms. The van der Waals surface area contributed by atoms with E-state index in [0.717, 1.165) is 24.1 Å². The Morgan fingerprint density at radius 3 is 2.32 bits per heavy atom. The van der Waals surface area contributed by atoms with Gasteiger partial charge in [-0.3, -0.25) is 4.90 Å². The molecule has 2 aromatic carbocycles. The highest BCUT2D eigenvalue weighted by atomic mass is 16.5. The normalized spacial score (nSPS) is 26.3. The predicted octanol–water partition coefficient (Wildman–Crippen LogP) is 7.45. The van der Waals surface area contributed by atoms with Crippen LogP contribution in [0, 0.1) is 23.7 Å². The molecule has 1 aliphatic heterocycles. The summed E-state index contributed by atoms with van der Waals surface area (Å²) in [6.07, 6.45) is 13.0. The van der Waals surface area contributed by atoms with Gasteiger partial charge in [0.1, 0.15) is 11.9 Å². The van der Waals surface area contributed by atoms with Gasteiger partial charge in [-0.05, 0) is 77.5 Å². The summed E-state index contributed by atoms with van der Waals surface area (Å²) in [4.78, 5) is 2.65. The van der Waals surface area contributed by atoms with E-state index in [1.165, 1.54) is 87.2 Å². The number of fused-ring (bicyclic) bond motifs is 1. The van der Waals surface area contributed by atoms with Gasteiger partial charge in [0.05, 0.1) is 0 Å². The fraction of sp³-hybridized carbons (Fsp3) is 0.655. The number of nitrogens with zero attached hydrogens (tertiary/aromatic N) is 1. The molecule has 2 nitrogen and oxygen atoms in total. The van der Waals surface area contributed by atoms with E-state index in [9.17, 15) is 0 Å². The molecule has 0 unspecified atom stereocenters. The Hall–Kier alpha value is -1.54. The lowest BCUT2D eigenvalue weighted by Crippen LogP contribution is -2.49. The third kappa shape index (κ3) is 4.95. The first-order valence-electron chi connectivity index (χ1n) is 13.1. The highest BCUT2D eigenvalue weighted by Crippen LogP contribution is 2.36. The maximum atomic E-state index is 6.52. The van der Waals surface area contributed by atoms with Gasteiger partial charge in [0.15, 0.2) is 0 Å². The molecular formula is C29H41NO. The number of rotatable bonds is 6. The third-order valence-electron chi connectivity index (χ3n) is 8.48. The number of ether oxygens (including phenoxy) is 1. The van der Waals surface area contributed by atoms with Crippen LogP contribution in [0.2, 0.25) is 0 Å². The highest BCUT2D eigenvalue weighted by molar-refractivity contribution is 5.84. The van der Waals surface area contributed by atoms with Gasteiger partial charge in [0, 0.05) is 19.6 Å². The van der Waals surface area contributed by atoms with Crippen molar-refractivity contribution in [3.8, 4) is 5.75 Å². The second kappa shape index (κ2) is 9.53. The summed E-state index contributed by atoms with van der Waals surface area (Å²) in [5, 5.41) is 2.65. The van der Waals surface area contributed by atoms with Gasteiger partial charge in [0.25, 0.3) is 0 Å². The molecule has 2 saturated carbocycles. The third-order valence-corrected chi connectivity index (χ3v) is 8.48. The SMILES string of the molecule is CC(C)[C@H]1CCCC[C@H]1Oc1ccc2cc(CN3CC(C4CCCCC4)C3)ccc2c1. The van der Waals surface area contributed by atoms with Crippen LogP contribution >= 0.6 is 0 Å². The number of hydrogen-bond acceptors (Lipinski definition) is 2. The summed E-state index contributed by atoms with van der Waals surface area (Å²) in [7, 11) is 0. The zero-order valence-corrected chi connectivity index (χ0v) is 19.7. The number of hydrogen-bond donors (Lipinski definition) is 0. The van der Waals surface area contributed by atoms with Crippen LogP contribution in [-0.4, -0.2) is 24.1 Å². The van der Waals surface area contributed by atoms with Crippen molar-refractivity contribution in [2.75, 3.05) is 13.1 Å². The monoisotopic (exact) mass is 419 g/mol. The van der Waals surface area contributed by atoms with Crippen molar-refractivity contribution in [3.05, 3.63) is 42.0 Å². The minimum atomic E-state index is 0.383. The average molecular weight is 420 g/mol. The Morgan fingerprint density at radius 2 is 1.52 bits per heavy atom. The maximum absolute atomic E-state index is 6.52. The van der Waals surface area contributed by atoms with Crippen molar-refractivity contribution >= 4 is 10.8 Å². The second-order valence-electron chi connectivity index (χ2n) is 11.0. The van der Waals surface area contributed by atoms with E-state index in [2.05, 4.69) is 55.1 Å². The zero-order valence-electron chi connectivity index (χ0n) is 19.7. The lowest BCUT2D eigenvalue weighted by molar-refractivity contribution is 0.0366. The van der Waals surface area contributed by atoms with Gasteiger partial charge >= 0.3 is 0 Å². The fourth-order valence-corrected chi connectivity index (χ4v) is 6.56. The summed E-state index contributed by atoms with van der Waals surface area (Å²) in [6.45, 7) is 8.44. The van der Waals surface area contributed by atoms with Crippen LogP contribution in [0.5, 0.6) is 5.75 Å². The highest BCUT2D eigenvalue weighted by Gasteiger charge is 2.33. The molecule has 2 aliphatic carbocycles. The topological polar surface area (TPSA) is 12.5 Å². The number of benzene rings is 2. The smallest absolute Gasteiger partial charge is 0.120 e. The molecule has 0 bridgehead atoms. The maximum Gasteiger partial charge on any atom is 0.120 e. The predicted molar refractivity (Wildman–Crippen MR) is 131 cm³/mol. The van der Waals surface area contributed by atoms with E-state index >= 15 is 0 Å². The van der Waals surface area contributed by atoms with Crippen LogP contribution in [-0.2, 0) is 6.54 Å². The first kappa shape index (κ1) is 21.3. The standard InChI is InChI=1S/C29H41NO/c1-21(2)28-10-6-7-11-29(28)31-27-15-14-24-16-22(12-13-25(24)17-27)18-30-19-26(20-30)23-8-4-3-5-9-23/h12-17,21,23,26,28-29H,3-11,18-20H2,1-2H3/t28-,29-/m1/s1. The van der Waals surface area contributed by atoms with E-state index in [1.54, 1.807) is 0 Å². The average Bonchev–Trinajstić information content (AvgIpc) is 2.77. The van der Waals surface area contributed by atoms with Crippen LogP contribution in [0.3, 0.4) is 0 Å². The van der Waals surface area contributed by atoms with Crippen LogP contribution in [0.1, 0.15) is 77.2 Å². The summed E-state index contributed by atoms with van der Waals surface area (Å²) in [5.41, 5.74) is 1.45. The Bertz CT molecular complexity index is 862. The van der Waals surface area contributed by atoms with E-state index in [1.807, 2.05) is 0 Å². The van der Waals surface area contributed by atoms with Gasteiger partial charge in [-0.2, -0.15) is 0 Å². The van der Waals surface area contributed by atoms with Crippen LogP contribution in [0.4, 0.5) is 0 Å². The summed E-state index contributed by atoms with van der Waals surface area (Å²) in [5.74, 6) is 4.43.